The Morgan fingerprint density at radius 2 is 2.00 bits per heavy atom. The van der Waals surface area contributed by atoms with Gasteiger partial charge in [-0.2, -0.15) is 0 Å². The Kier molecular flexibility index (Phi) is 4.64. The van der Waals surface area contributed by atoms with E-state index in [0.29, 0.717) is 16.7 Å². The first-order valence-corrected chi connectivity index (χ1v) is 10.7. The van der Waals surface area contributed by atoms with Gasteiger partial charge in [0.1, 0.15) is 5.75 Å². The number of ether oxygens (including phenoxy) is 1. The number of nitrogens with one attached hydrogen (secondary N) is 2. The average molecular weight is 365 g/mol. The molecule has 7 heteroatoms. The van der Waals surface area contributed by atoms with Crippen molar-refractivity contribution in [3.8, 4) is 5.75 Å². The zero-order chi connectivity index (χ0) is 17.4. The Morgan fingerprint density at radius 1 is 1.20 bits per heavy atom. The SMILES string of the molecule is COc1ccc(S(=O)(=O)NC2CC3CCC2C3)cc1N1CCNCC1. The highest BCUT2D eigenvalue weighted by atomic mass is 32.2. The molecule has 25 heavy (non-hydrogen) atoms. The van der Waals surface area contributed by atoms with Crippen LogP contribution in [0.15, 0.2) is 23.1 Å². The molecule has 3 unspecified atom stereocenters. The number of benzene rings is 1. The van der Waals surface area contributed by atoms with Gasteiger partial charge in [-0.05, 0) is 49.3 Å². The molecule has 0 amide bonds. The molecule has 0 radical (unpaired) electrons. The van der Waals surface area contributed by atoms with Gasteiger partial charge in [0.2, 0.25) is 10.0 Å². The van der Waals surface area contributed by atoms with Crippen molar-refractivity contribution in [1.29, 1.82) is 0 Å². The van der Waals surface area contributed by atoms with Crippen LogP contribution < -0.4 is 19.7 Å². The Hall–Kier alpha value is -1.31. The molecule has 2 bridgehead atoms. The van der Waals surface area contributed by atoms with Crippen molar-refractivity contribution in [2.24, 2.45) is 11.8 Å². The second-order valence-corrected chi connectivity index (χ2v) is 9.19. The maximum atomic E-state index is 12.9. The largest absolute Gasteiger partial charge is 0.495 e. The summed E-state index contributed by atoms with van der Waals surface area (Å²) in [6.45, 7) is 3.48. The van der Waals surface area contributed by atoms with Crippen molar-refractivity contribution in [3.63, 3.8) is 0 Å². The van der Waals surface area contributed by atoms with Crippen LogP contribution in [0.5, 0.6) is 5.75 Å². The molecule has 1 heterocycles. The lowest BCUT2D eigenvalue weighted by atomic mass is 9.96. The predicted molar refractivity (Wildman–Crippen MR) is 97.6 cm³/mol. The number of piperazine rings is 1. The van der Waals surface area contributed by atoms with Gasteiger partial charge in [-0.1, -0.05) is 6.42 Å². The Morgan fingerprint density at radius 3 is 2.64 bits per heavy atom. The molecule has 4 rings (SSSR count). The van der Waals surface area contributed by atoms with E-state index in [9.17, 15) is 8.42 Å². The highest BCUT2D eigenvalue weighted by Crippen LogP contribution is 2.45. The number of anilines is 1. The summed E-state index contributed by atoms with van der Waals surface area (Å²) in [5.41, 5.74) is 0.861. The molecular weight excluding hydrogens is 338 g/mol. The number of fused-ring (bicyclic) bond motifs is 2. The number of hydrogen-bond acceptors (Lipinski definition) is 5. The first kappa shape index (κ1) is 17.1. The van der Waals surface area contributed by atoms with E-state index >= 15 is 0 Å². The van der Waals surface area contributed by atoms with Gasteiger partial charge < -0.3 is 15.0 Å². The molecule has 0 aromatic heterocycles. The fourth-order valence-corrected chi connectivity index (χ4v) is 5.98. The minimum absolute atomic E-state index is 0.105. The van der Waals surface area contributed by atoms with Crippen LogP contribution in [-0.4, -0.2) is 47.7 Å². The second kappa shape index (κ2) is 6.78. The van der Waals surface area contributed by atoms with Gasteiger partial charge in [-0.3, -0.25) is 0 Å². The monoisotopic (exact) mass is 365 g/mol. The van der Waals surface area contributed by atoms with E-state index < -0.39 is 10.0 Å². The van der Waals surface area contributed by atoms with Gasteiger partial charge in [0.15, 0.2) is 0 Å². The maximum Gasteiger partial charge on any atom is 0.240 e. The molecule has 3 aliphatic rings. The van der Waals surface area contributed by atoms with E-state index in [-0.39, 0.29) is 6.04 Å². The quantitative estimate of drug-likeness (QED) is 0.829. The van der Waals surface area contributed by atoms with Crippen molar-refractivity contribution in [2.45, 2.75) is 36.6 Å². The first-order valence-electron chi connectivity index (χ1n) is 9.23. The van der Waals surface area contributed by atoms with Crippen LogP contribution in [0.25, 0.3) is 0 Å². The lowest BCUT2D eigenvalue weighted by Crippen LogP contribution is -2.43. The van der Waals surface area contributed by atoms with E-state index in [1.165, 1.54) is 12.8 Å². The van der Waals surface area contributed by atoms with Gasteiger partial charge in [0.05, 0.1) is 17.7 Å². The van der Waals surface area contributed by atoms with Gasteiger partial charge >= 0.3 is 0 Å². The minimum atomic E-state index is -3.50. The van der Waals surface area contributed by atoms with E-state index in [4.69, 9.17) is 4.74 Å². The molecule has 1 aromatic carbocycles. The minimum Gasteiger partial charge on any atom is -0.495 e. The first-order chi connectivity index (χ1) is 12.1. The Bertz CT molecular complexity index is 731. The molecule has 0 spiro atoms. The number of rotatable bonds is 5. The molecule has 2 aliphatic carbocycles. The summed E-state index contributed by atoms with van der Waals surface area (Å²) in [5.74, 6) is 1.96. The van der Waals surface area contributed by atoms with Crippen molar-refractivity contribution in [2.75, 3.05) is 38.2 Å². The molecule has 3 fully saturated rings. The van der Waals surface area contributed by atoms with Crippen LogP contribution in [0.4, 0.5) is 5.69 Å². The van der Waals surface area contributed by atoms with Crippen LogP contribution >= 0.6 is 0 Å². The molecule has 3 atom stereocenters. The third kappa shape index (κ3) is 3.37. The molecule has 6 nitrogen and oxygen atoms in total. The molecule has 2 saturated carbocycles. The normalized spacial score (nSPS) is 29.2. The molecule has 138 valence electrons. The zero-order valence-corrected chi connectivity index (χ0v) is 15.5. The van der Waals surface area contributed by atoms with Crippen LogP contribution in [0.1, 0.15) is 25.7 Å². The summed E-state index contributed by atoms with van der Waals surface area (Å²) in [7, 11) is -1.87. The highest BCUT2D eigenvalue weighted by Gasteiger charge is 2.41. The van der Waals surface area contributed by atoms with Crippen LogP contribution in [0.2, 0.25) is 0 Å². The fourth-order valence-electron chi connectivity index (χ4n) is 4.65. The van der Waals surface area contributed by atoms with Gasteiger partial charge in [0.25, 0.3) is 0 Å². The number of nitrogens with zero attached hydrogens (tertiary/aromatic N) is 1. The number of sulfonamides is 1. The van der Waals surface area contributed by atoms with E-state index in [1.54, 1.807) is 25.3 Å². The summed E-state index contributed by atoms with van der Waals surface area (Å²) in [4.78, 5) is 2.52. The zero-order valence-electron chi connectivity index (χ0n) is 14.7. The van der Waals surface area contributed by atoms with Crippen LogP contribution in [-0.2, 0) is 10.0 Å². The fraction of sp³-hybridized carbons (Fsp3) is 0.667. The molecule has 1 aliphatic heterocycles. The summed E-state index contributed by atoms with van der Waals surface area (Å²) < 4.78 is 34.3. The topological polar surface area (TPSA) is 70.7 Å². The van der Waals surface area contributed by atoms with Crippen molar-refractivity contribution in [1.82, 2.24) is 10.0 Å². The highest BCUT2D eigenvalue weighted by molar-refractivity contribution is 7.89. The van der Waals surface area contributed by atoms with Gasteiger partial charge in [0, 0.05) is 32.2 Å². The van der Waals surface area contributed by atoms with Crippen molar-refractivity contribution >= 4 is 15.7 Å². The van der Waals surface area contributed by atoms with Crippen LogP contribution in [0.3, 0.4) is 0 Å². The standard InChI is InChI=1S/C18H27N3O3S/c1-24-18-5-4-15(12-17(18)21-8-6-19-7-9-21)25(22,23)20-16-11-13-2-3-14(16)10-13/h4-5,12-14,16,19-20H,2-3,6-11H2,1H3. The second-order valence-electron chi connectivity index (χ2n) is 7.47. The van der Waals surface area contributed by atoms with Gasteiger partial charge in [-0.25, -0.2) is 13.1 Å². The predicted octanol–water partition coefficient (Wildman–Crippen LogP) is 1.57. The van der Waals surface area contributed by atoms with E-state index in [1.807, 2.05) is 0 Å². The third-order valence-electron chi connectivity index (χ3n) is 5.96. The molecular formula is C18H27N3O3S. The Balaban J connectivity index is 1.58. The van der Waals surface area contributed by atoms with Gasteiger partial charge in [-0.15, -0.1) is 0 Å². The molecule has 2 N–H and O–H groups in total. The van der Waals surface area contributed by atoms with Crippen molar-refractivity contribution in [3.05, 3.63) is 18.2 Å². The lowest BCUT2D eigenvalue weighted by Gasteiger charge is -2.31. The number of methoxy groups -OCH3 is 1. The Labute approximate surface area is 150 Å². The summed E-state index contributed by atoms with van der Waals surface area (Å²) in [6, 6.07) is 5.29. The molecule has 1 saturated heterocycles. The number of hydrogen-bond donors (Lipinski definition) is 2. The average Bonchev–Trinajstić information content (AvgIpc) is 3.24. The van der Waals surface area contributed by atoms with E-state index in [0.717, 1.165) is 50.5 Å². The van der Waals surface area contributed by atoms with Crippen molar-refractivity contribution < 1.29 is 13.2 Å². The maximum absolute atomic E-state index is 12.9. The summed E-state index contributed by atoms with van der Waals surface area (Å²) in [5, 5.41) is 3.32. The summed E-state index contributed by atoms with van der Waals surface area (Å²) in [6.07, 6.45) is 4.59. The van der Waals surface area contributed by atoms with Crippen LogP contribution in [0, 0.1) is 11.8 Å². The molecule has 1 aromatic rings. The lowest BCUT2D eigenvalue weighted by molar-refractivity contribution is 0.390. The third-order valence-corrected chi connectivity index (χ3v) is 7.45. The van der Waals surface area contributed by atoms with E-state index in [2.05, 4.69) is 14.9 Å². The summed E-state index contributed by atoms with van der Waals surface area (Å²) >= 11 is 0. The smallest absolute Gasteiger partial charge is 0.240 e.